The molecule has 0 bridgehead atoms. The maximum atomic E-state index is 10.1. The van der Waals surface area contributed by atoms with Gasteiger partial charge >= 0.3 is 0 Å². The zero-order valence-corrected chi connectivity index (χ0v) is 22.3. The summed E-state index contributed by atoms with van der Waals surface area (Å²) < 4.78 is 43.0. The van der Waals surface area contributed by atoms with Gasteiger partial charge in [0, 0.05) is 20.0 Å². The normalized spacial score (nSPS) is 37.6. The molecule has 3 aliphatic rings. The monoisotopic (exact) mass is 488 g/mol. The Morgan fingerprint density at radius 3 is 2.15 bits per heavy atom. The number of hydrogen-bond acceptors (Lipinski definition) is 8. The lowest BCUT2D eigenvalue weighted by molar-refractivity contribution is -0.234. The number of hydrogen-bond donors (Lipinski definition) is 1. The Balaban J connectivity index is 1.73. The van der Waals surface area contributed by atoms with E-state index in [9.17, 15) is 5.11 Å². The van der Waals surface area contributed by atoms with Gasteiger partial charge in [0.1, 0.15) is 25.1 Å². The van der Waals surface area contributed by atoms with Crippen molar-refractivity contribution in [3.63, 3.8) is 0 Å². The third-order valence-electron chi connectivity index (χ3n) is 6.86. The third kappa shape index (κ3) is 7.59. The summed E-state index contributed by atoms with van der Waals surface area (Å²) in [5.41, 5.74) is 0. The number of rotatable bonds is 13. The van der Waals surface area contributed by atoms with Crippen LogP contribution in [0.2, 0.25) is 0 Å². The Labute approximate surface area is 205 Å². The zero-order valence-electron chi connectivity index (χ0n) is 22.3. The molecule has 0 radical (unpaired) electrons. The highest BCUT2D eigenvalue weighted by molar-refractivity contribution is 5.01. The van der Waals surface area contributed by atoms with Crippen molar-refractivity contribution in [3.8, 4) is 0 Å². The van der Waals surface area contributed by atoms with Crippen molar-refractivity contribution < 1.29 is 38.3 Å². The van der Waals surface area contributed by atoms with Gasteiger partial charge in [-0.2, -0.15) is 0 Å². The van der Waals surface area contributed by atoms with E-state index in [0.29, 0.717) is 12.8 Å². The van der Waals surface area contributed by atoms with Crippen LogP contribution < -0.4 is 0 Å². The fraction of sp³-hybridized carbons (Fsp3) is 1.00. The minimum Gasteiger partial charge on any atom is -0.393 e. The molecule has 0 aromatic heterocycles. The SMILES string of the molecule is CCCCCCC[C@H]1OC(C)(C)O[C@@H]1C[C@H]1O[C@@H](CC(C)O)[C@@H](OCOC)[C@@H]2OC(C)(C)O[C@@H]21. The Kier molecular flexibility index (Phi) is 10.2. The first kappa shape index (κ1) is 28.3. The molecular weight excluding hydrogens is 440 g/mol. The molecule has 8 atom stereocenters. The number of fused-ring (bicyclic) bond motifs is 1. The quantitative estimate of drug-likeness (QED) is 0.303. The molecule has 3 fully saturated rings. The molecule has 0 saturated carbocycles. The van der Waals surface area contributed by atoms with Gasteiger partial charge in [0.2, 0.25) is 0 Å². The number of methoxy groups -OCH3 is 1. The van der Waals surface area contributed by atoms with Crippen molar-refractivity contribution in [2.24, 2.45) is 0 Å². The number of ether oxygens (including phenoxy) is 7. The first-order valence-corrected chi connectivity index (χ1v) is 13.2. The summed E-state index contributed by atoms with van der Waals surface area (Å²) in [6.45, 7) is 11.9. The van der Waals surface area contributed by atoms with Gasteiger partial charge in [0.05, 0.1) is 30.5 Å². The van der Waals surface area contributed by atoms with E-state index < -0.39 is 23.8 Å². The van der Waals surface area contributed by atoms with Crippen molar-refractivity contribution in [1.29, 1.82) is 0 Å². The summed E-state index contributed by atoms with van der Waals surface area (Å²) >= 11 is 0. The Hall–Kier alpha value is -0.320. The van der Waals surface area contributed by atoms with Gasteiger partial charge in [-0.25, -0.2) is 0 Å². The van der Waals surface area contributed by atoms with E-state index >= 15 is 0 Å². The molecule has 3 heterocycles. The predicted molar refractivity (Wildman–Crippen MR) is 127 cm³/mol. The van der Waals surface area contributed by atoms with Crippen molar-refractivity contribution in [2.45, 2.75) is 153 Å². The molecule has 34 heavy (non-hydrogen) atoms. The highest BCUT2D eigenvalue weighted by Gasteiger charge is 2.57. The van der Waals surface area contributed by atoms with Gasteiger partial charge in [-0.3, -0.25) is 0 Å². The second-order valence-electron chi connectivity index (χ2n) is 11.1. The van der Waals surface area contributed by atoms with Crippen molar-refractivity contribution >= 4 is 0 Å². The van der Waals surface area contributed by atoms with E-state index in [2.05, 4.69) is 6.92 Å². The molecule has 0 spiro atoms. The summed E-state index contributed by atoms with van der Waals surface area (Å²) in [5, 5.41) is 10.1. The van der Waals surface area contributed by atoms with Gasteiger partial charge < -0.3 is 38.3 Å². The van der Waals surface area contributed by atoms with E-state index in [0.717, 1.165) is 12.8 Å². The van der Waals surface area contributed by atoms with Crippen LogP contribution in [0.4, 0.5) is 0 Å². The van der Waals surface area contributed by atoms with Gasteiger partial charge in [-0.05, 0) is 41.0 Å². The van der Waals surface area contributed by atoms with E-state index in [1.54, 1.807) is 14.0 Å². The molecule has 0 aromatic rings. The van der Waals surface area contributed by atoms with E-state index in [4.69, 9.17) is 33.2 Å². The average molecular weight is 489 g/mol. The molecule has 1 N–H and O–H groups in total. The molecule has 3 aliphatic heterocycles. The third-order valence-corrected chi connectivity index (χ3v) is 6.86. The summed E-state index contributed by atoms with van der Waals surface area (Å²) in [6, 6.07) is 0. The molecule has 200 valence electrons. The van der Waals surface area contributed by atoms with Crippen LogP contribution in [0.1, 0.15) is 92.9 Å². The molecule has 8 nitrogen and oxygen atoms in total. The fourth-order valence-corrected chi connectivity index (χ4v) is 5.55. The maximum absolute atomic E-state index is 10.1. The molecular formula is C26H48O8. The smallest absolute Gasteiger partial charge is 0.164 e. The Morgan fingerprint density at radius 2 is 1.47 bits per heavy atom. The predicted octanol–water partition coefficient (Wildman–Crippen LogP) is 4.30. The first-order valence-electron chi connectivity index (χ1n) is 13.2. The topological polar surface area (TPSA) is 84.8 Å². The lowest BCUT2D eigenvalue weighted by Crippen LogP contribution is -2.58. The second-order valence-corrected chi connectivity index (χ2v) is 11.1. The fourth-order valence-electron chi connectivity index (χ4n) is 5.55. The molecule has 0 aliphatic carbocycles. The van der Waals surface area contributed by atoms with Crippen LogP contribution in [-0.2, 0) is 33.2 Å². The largest absolute Gasteiger partial charge is 0.393 e. The highest BCUT2D eigenvalue weighted by Crippen LogP contribution is 2.43. The first-order chi connectivity index (χ1) is 16.0. The minimum atomic E-state index is -0.754. The van der Waals surface area contributed by atoms with Crippen LogP contribution >= 0.6 is 0 Å². The maximum Gasteiger partial charge on any atom is 0.164 e. The summed E-state index contributed by atoms with van der Waals surface area (Å²) in [5.74, 6) is -1.38. The highest BCUT2D eigenvalue weighted by atomic mass is 16.8. The van der Waals surface area contributed by atoms with Crippen molar-refractivity contribution in [3.05, 3.63) is 0 Å². The van der Waals surface area contributed by atoms with Crippen LogP contribution in [0.3, 0.4) is 0 Å². The molecule has 8 heteroatoms. The van der Waals surface area contributed by atoms with Crippen LogP contribution in [-0.4, -0.2) is 79.4 Å². The zero-order chi connectivity index (χ0) is 24.9. The van der Waals surface area contributed by atoms with Gasteiger partial charge in [-0.15, -0.1) is 0 Å². The molecule has 3 rings (SSSR count). The van der Waals surface area contributed by atoms with E-state index in [1.807, 2.05) is 27.7 Å². The van der Waals surface area contributed by atoms with Crippen molar-refractivity contribution in [1.82, 2.24) is 0 Å². The molecule has 0 aromatic carbocycles. The van der Waals surface area contributed by atoms with Crippen LogP contribution in [0.25, 0.3) is 0 Å². The molecule has 1 unspecified atom stereocenters. The Bertz CT molecular complexity index is 610. The molecule has 3 saturated heterocycles. The Morgan fingerprint density at radius 1 is 0.824 bits per heavy atom. The summed E-state index contributed by atoms with van der Waals surface area (Å²) in [4.78, 5) is 0. The molecule has 0 amide bonds. The summed E-state index contributed by atoms with van der Waals surface area (Å²) in [7, 11) is 1.59. The van der Waals surface area contributed by atoms with E-state index in [-0.39, 0.29) is 43.4 Å². The number of aliphatic hydroxyl groups excluding tert-OH is 1. The van der Waals surface area contributed by atoms with Crippen LogP contribution in [0.5, 0.6) is 0 Å². The standard InChI is InChI=1S/C26H48O8/c1-8-9-10-11-12-13-18-19(32-25(3,4)31-18)15-21-23-24(34-26(5,6)33-23)22(29-16-28-7)20(30-21)14-17(2)27/h17-24,27H,8-16H2,1-7H3/t17?,18-,19-,20+,21-,22-,23-,24+/m1/s1. The van der Waals surface area contributed by atoms with Crippen molar-refractivity contribution in [2.75, 3.05) is 13.9 Å². The minimum absolute atomic E-state index is 0.0201. The lowest BCUT2D eigenvalue weighted by Gasteiger charge is -2.43. The second kappa shape index (κ2) is 12.3. The summed E-state index contributed by atoms with van der Waals surface area (Å²) in [6.07, 6.45) is 5.92. The van der Waals surface area contributed by atoms with E-state index in [1.165, 1.54) is 25.7 Å². The van der Waals surface area contributed by atoms with Gasteiger partial charge in [0.25, 0.3) is 0 Å². The lowest BCUT2D eigenvalue weighted by atomic mass is 9.88. The average Bonchev–Trinajstić information content (AvgIpc) is 3.21. The number of unbranched alkanes of at least 4 members (excludes halogenated alkanes) is 4. The van der Waals surface area contributed by atoms with Gasteiger partial charge in [-0.1, -0.05) is 39.0 Å². The van der Waals surface area contributed by atoms with Crippen LogP contribution in [0.15, 0.2) is 0 Å². The van der Waals surface area contributed by atoms with Crippen LogP contribution in [0, 0.1) is 0 Å². The number of aliphatic hydroxyl groups is 1. The van der Waals surface area contributed by atoms with Gasteiger partial charge in [0.15, 0.2) is 11.6 Å².